The topological polar surface area (TPSA) is 66.1 Å². The lowest BCUT2D eigenvalue weighted by Crippen LogP contribution is -2.32. The molecule has 2 aromatic heterocycles. The van der Waals surface area contributed by atoms with E-state index in [0.717, 1.165) is 52.2 Å². The number of ether oxygens (including phenoxy) is 1. The van der Waals surface area contributed by atoms with Crippen LogP contribution in [-0.4, -0.2) is 46.9 Å². The van der Waals surface area contributed by atoms with Crippen LogP contribution >= 0.6 is 11.8 Å². The summed E-state index contributed by atoms with van der Waals surface area (Å²) >= 11 is 2.02. The summed E-state index contributed by atoms with van der Waals surface area (Å²) in [4.78, 5) is 7.26. The third-order valence-electron chi connectivity index (χ3n) is 5.10. The van der Waals surface area contributed by atoms with Gasteiger partial charge in [-0.05, 0) is 30.3 Å². The van der Waals surface area contributed by atoms with Crippen molar-refractivity contribution in [1.82, 2.24) is 15.2 Å². The molecule has 2 aromatic carbocycles. The van der Waals surface area contributed by atoms with Crippen molar-refractivity contribution in [3.63, 3.8) is 0 Å². The fourth-order valence-electron chi connectivity index (χ4n) is 3.66. The Bertz CT molecular complexity index is 1120. The zero-order chi connectivity index (χ0) is 18.9. The van der Waals surface area contributed by atoms with Gasteiger partial charge in [0.05, 0.1) is 7.11 Å². The molecular weight excluding hydrogens is 370 g/mol. The van der Waals surface area contributed by atoms with Crippen molar-refractivity contribution in [2.45, 2.75) is 0 Å². The van der Waals surface area contributed by atoms with Gasteiger partial charge in [0.1, 0.15) is 16.8 Å². The molecule has 1 saturated heterocycles. The van der Waals surface area contributed by atoms with Crippen molar-refractivity contribution in [2.75, 3.05) is 41.9 Å². The minimum atomic E-state index is 0.718. The minimum absolute atomic E-state index is 0.718. The highest BCUT2D eigenvalue weighted by molar-refractivity contribution is 7.99. The summed E-state index contributed by atoms with van der Waals surface area (Å²) in [6.07, 6.45) is 1.90. The molecule has 4 aromatic rings. The van der Waals surface area contributed by atoms with Crippen LogP contribution in [0.5, 0.6) is 5.75 Å². The molecule has 3 heterocycles. The van der Waals surface area contributed by atoms with Crippen LogP contribution in [0.3, 0.4) is 0 Å². The Morgan fingerprint density at radius 1 is 1.04 bits per heavy atom. The minimum Gasteiger partial charge on any atom is -0.494 e. The number of hydrogen-bond acceptors (Lipinski definition) is 6. The summed E-state index contributed by atoms with van der Waals surface area (Å²) < 4.78 is 5.51. The van der Waals surface area contributed by atoms with Gasteiger partial charge in [-0.25, -0.2) is 4.98 Å². The molecule has 0 amide bonds. The van der Waals surface area contributed by atoms with E-state index >= 15 is 0 Å². The lowest BCUT2D eigenvalue weighted by atomic mass is 10.1. The van der Waals surface area contributed by atoms with Gasteiger partial charge in [-0.1, -0.05) is 12.1 Å². The number of hydrogen-bond donors (Lipinski definition) is 2. The van der Waals surface area contributed by atoms with E-state index in [4.69, 9.17) is 9.72 Å². The number of fused-ring (bicyclic) bond motifs is 3. The number of anilines is 3. The predicted octanol–water partition coefficient (Wildman–Crippen LogP) is 4.42. The molecular formula is C21H21N5OS. The van der Waals surface area contributed by atoms with Crippen molar-refractivity contribution in [2.24, 2.45) is 0 Å². The molecule has 0 atom stereocenters. The van der Waals surface area contributed by atoms with Crippen LogP contribution in [0.15, 0.2) is 48.7 Å². The van der Waals surface area contributed by atoms with Crippen LogP contribution in [0.4, 0.5) is 17.2 Å². The number of aromatic nitrogens is 3. The van der Waals surface area contributed by atoms with Crippen LogP contribution in [0, 0.1) is 0 Å². The first-order chi connectivity index (χ1) is 13.8. The summed E-state index contributed by atoms with van der Waals surface area (Å²) in [7, 11) is 1.67. The maximum Gasteiger partial charge on any atom is 0.159 e. The number of nitrogens with zero attached hydrogens (tertiary/aromatic N) is 3. The van der Waals surface area contributed by atoms with Crippen LogP contribution in [0.2, 0.25) is 0 Å². The third-order valence-corrected chi connectivity index (χ3v) is 6.05. The number of nitrogens with one attached hydrogen (secondary N) is 2. The van der Waals surface area contributed by atoms with E-state index in [1.54, 1.807) is 7.11 Å². The summed E-state index contributed by atoms with van der Waals surface area (Å²) in [5.74, 6) is 3.86. The number of pyridine rings is 1. The van der Waals surface area contributed by atoms with Crippen LogP contribution in [-0.2, 0) is 0 Å². The number of aromatic amines is 1. The molecule has 0 spiro atoms. The van der Waals surface area contributed by atoms with E-state index < -0.39 is 0 Å². The molecule has 5 rings (SSSR count). The number of para-hydroxylation sites is 1. The first kappa shape index (κ1) is 17.2. The predicted molar refractivity (Wildman–Crippen MR) is 117 cm³/mol. The Hall–Kier alpha value is -2.93. The summed E-state index contributed by atoms with van der Waals surface area (Å²) in [5.41, 5.74) is 3.90. The highest BCUT2D eigenvalue weighted by Crippen LogP contribution is 2.34. The molecule has 0 bridgehead atoms. The quantitative estimate of drug-likeness (QED) is 0.537. The number of benzene rings is 2. The smallest absolute Gasteiger partial charge is 0.159 e. The van der Waals surface area contributed by atoms with Gasteiger partial charge >= 0.3 is 0 Å². The first-order valence-corrected chi connectivity index (χ1v) is 10.5. The van der Waals surface area contributed by atoms with Crippen molar-refractivity contribution in [1.29, 1.82) is 0 Å². The van der Waals surface area contributed by atoms with Gasteiger partial charge in [0.15, 0.2) is 5.82 Å². The second-order valence-corrected chi connectivity index (χ2v) is 7.96. The van der Waals surface area contributed by atoms with E-state index in [-0.39, 0.29) is 0 Å². The first-order valence-electron chi connectivity index (χ1n) is 9.33. The Morgan fingerprint density at radius 2 is 1.86 bits per heavy atom. The second kappa shape index (κ2) is 7.24. The van der Waals surface area contributed by atoms with Crippen LogP contribution < -0.4 is 15.0 Å². The molecule has 142 valence electrons. The van der Waals surface area contributed by atoms with Gasteiger partial charge < -0.3 is 15.0 Å². The van der Waals surface area contributed by atoms with E-state index in [9.17, 15) is 0 Å². The Balaban J connectivity index is 1.51. The molecule has 28 heavy (non-hydrogen) atoms. The molecule has 0 radical (unpaired) electrons. The van der Waals surface area contributed by atoms with Gasteiger partial charge in [-0.15, -0.1) is 0 Å². The SMILES string of the molecule is COc1cccc2c1nc(Nc1ccc(N3CCSCC3)cc1)c1n[nH]cc12. The molecule has 1 aliphatic heterocycles. The van der Waals surface area contributed by atoms with Gasteiger partial charge in [0.25, 0.3) is 0 Å². The molecule has 0 unspecified atom stereocenters. The van der Waals surface area contributed by atoms with Gasteiger partial charge in [0.2, 0.25) is 0 Å². The Labute approximate surface area is 167 Å². The summed E-state index contributed by atoms with van der Waals surface area (Å²) in [6.45, 7) is 2.22. The van der Waals surface area contributed by atoms with Crippen molar-refractivity contribution < 1.29 is 4.74 Å². The van der Waals surface area contributed by atoms with Crippen LogP contribution in [0.1, 0.15) is 0 Å². The zero-order valence-electron chi connectivity index (χ0n) is 15.6. The summed E-state index contributed by atoms with van der Waals surface area (Å²) in [5, 5.41) is 12.9. The van der Waals surface area contributed by atoms with Crippen molar-refractivity contribution in [3.8, 4) is 5.75 Å². The molecule has 0 saturated carbocycles. The highest BCUT2D eigenvalue weighted by atomic mass is 32.2. The number of H-pyrrole nitrogens is 1. The zero-order valence-corrected chi connectivity index (χ0v) is 16.4. The number of rotatable bonds is 4. The third kappa shape index (κ3) is 3.01. The fraction of sp³-hybridized carbons (Fsp3) is 0.238. The molecule has 2 N–H and O–H groups in total. The normalized spacial score (nSPS) is 14.5. The molecule has 1 fully saturated rings. The maximum atomic E-state index is 5.51. The molecule has 6 nitrogen and oxygen atoms in total. The van der Waals surface area contributed by atoms with E-state index in [2.05, 4.69) is 44.7 Å². The molecule has 0 aliphatic carbocycles. The largest absolute Gasteiger partial charge is 0.494 e. The molecule has 7 heteroatoms. The van der Waals surface area contributed by atoms with Crippen molar-refractivity contribution >= 4 is 50.8 Å². The highest BCUT2D eigenvalue weighted by Gasteiger charge is 2.15. The Kier molecular flexibility index (Phi) is 4.44. The van der Waals surface area contributed by atoms with Gasteiger partial charge in [0, 0.05) is 52.9 Å². The summed E-state index contributed by atoms with van der Waals surface area (Å²) in [6, 6.07) is 14.5. The van der Waals surface area contributed by atoms with Gasteiger partial charge in [-0.3, -0.25) is 5.10 Å². The van der Waals surface area contributed by atoms with E-state index in [1.165, 1.54) is 17.2 Å². The lowest BCUT2D eigenvalue weighted by molar-refractivity contribution is 0.419. The lowest BCUT2D eigenvalue weighted by Gasteiger charge is -2.28. The number of thioether (sulfide) groups is 1. The van der Waals surface area contributed by atoms with E-state index in [0.29, 0.717) is 0 Å². The van der Waals surface area contributed by atoms with E-state index in [1.807, 2.05) is 36.2 Å². The average Bonchev–Trinajstić information content (AvgIpc) is 3.25. The maximum absolute atomic E-state index is 5.51. The van der Waals surface area contributed by atoms with Crippen LogP contribution in [0.25, 0.3) is 21.8 Å². The number of methoxy groups -OCH3 is 1. The monoisotopic (exact) mass is 391 g/mol. The van der Waals surface area contributed by atoms with Gasteiger partial charge in [-0.2, -0.15) is 16.9 Å². The molecule has 1 aliphatic rings. The second-order valence-electron chi connectivity index (χ2n) is 6.74. The fourth-order valence-corrected chi connectivity index (χ4v) is 4.56. The van der Waals surface area contributed by atoms with Crippen molar-refractivity contribution in [3.05, 3.63) is 48.7 Å². The average molecular weight is 392 g/mol. The standard InChI is InChI=1S/C21H21N5OS/c1-27-18-4-2-3-16-17-13-22-25-20(17)21(24-19(16)18)23-14-5-7-15(8-6-14)26-9-11-28-12-10-26/h2-8,13H,9-12H2,1H3,(H,22,25)(H,23,24). The Morgan fingerprint density at radius 3 is 2.64 bits per heavy atom.